The van der Waals surface area contributed by atoms with Gasteiger partial charge in [0.25, 0.3) is 0 Å². The van der Waals surface area contributed by atoms with Crippen molar-refractivity contribution in [1.82, 2.24) is 9.97 Å². The molecule has 2 rings (SSSR count). The van der Waals surface area contributed by atoms with Gasteiger partial charge in [0.05, 0.1) is 11.6 Å². The summed E-state index contributed by atoms with van der Waals surface area (Å²) in [6, 6.07) is 6.07. The molecule has 0 fully saturated rings. The van der Waals surface area contributed by atoms with Crippen molar-refractivity contribution in [3.63, 3.8) is 0 Å². The third-order valence-corrected chi connectivity index (χ3v) is 4.51. The summed E-state index contributed by atoms with van der Waals surface area (Å²) in [6.45, 7) is 5.08. The molecular weight excluding hydrogens is 332 g/mol. The topological polar surface area (TPSA) is 35.0 Å². The smallest absolute Gasteiger partial charge is 0.137 e. The molecular formula is C21H29ClN2O. The van der Waals surface area contributed by atoms with Crippen LogP contribution >= 0.6 is 11.6 Å². The van der Waals surface area contributed by atoms with Gasteiger partial charge in [-0.2, -0.15) is 0 Å². The van der Waals surface area contributed by atoms with Gasteiger partial charge in [0.1, 0.15) is 11.6 Å². The fourth-order valence-corrected chi connectivity index (χ4v) is 2.86. The second-order valence-electron chi connectivity index (χ2n) is 6.43. The average Bonchev–Trinajstić information content (AvgIpc) is 2.63. The number of aromatic nitrogens is 2. The summed E-state index contributed by atoms with van der Waals surface area (Å²) in [7, 11) is 0. The van der Waals surface area contributed by atoms with E-state index in [0.717, 1.165) is 50.3 Å². The van der Waals surface area contributed by atoms with Gasteiger partial charge < -0.3 is 4.74 Å². The Kier molecular flexibility index (Phi) is 8.75. The highest BCUT2D eigenvalue weighted by atomic mass is 35.5. The van der Waals surface area contributed by atoms with Crippen molar-refractivity contribution in [1.29, 1.82) is 0 Å². The van der Waals surface area contributed by atoms with Crippen LogP contribution in [0.25, 0.3) is 0 Å². The molecule has 0 aliphatic carbocycles. The van der Waals surface area contributed by atoms with E-state index in [4.69, 9.17) is 16.3 Å². The maximum Gasteiger partial charge on any atom is 0.137 e. The fourth-order valence-electron chi connectivity index (χ4n) is 2.60. The van der Waals surface area contributed by atoms with E-state index in [1.807, 2.05) is 24.5 Å². The van der Waals surface area contributed by atoms with E-state index in [-0.39, 0.29) is 0 Å². The molecule has 0 unspecified atom stereocenters. The number of aryl methyl sites for hydroxylation is 3. The van der Waals surface area contributed by atoms with Crippen LogP contribution in [0, 0.1) is 0 Å². The number of halogens is 1. The molecule has 0 atom stereocenters. The first-order valence-corrected chi connectivity index (χ1v) is 9.81. The van der Waals surface area contributed by atoms with Crippen LogP contribution in [0.1, 0.15) is 62.9 Å². The van der Waals surface area contributed by atoms with Crippen LogP contribution in [0.5, 0.6) is 5.75 Å². The summed E-state index contributed by atoms with van der Waals surface area (Å²) in [4.78, 5) is 8.96. The predicted octanol–water partition coefficient (Wildman–Crippen LogP) is 5.83. The molecule has 1 heterocycles. The Balaban J connectivity index is 1.83. The van der Waals surface area contributed by atoms with E-state index < -0.39 is 0 Å². The van der Waals surface area contributed by atoms with Crippen LogP contribution in [0.15, 0.2) is 30.6 Å². The number of rotatable bonds is 11. The summed E-state index contributed by atoms with van der Waals surface area (Å²) in [5.41, 5.74) is 2.37. The lowest BCUT2D eigenvalue weighted by atomic mass is 10.1. The van der Waals surface area contributed by atoms with Crippen LogP contribution in [-0.4, -0.2) is 16.6 Å². The van der Waals surface area contributed by atoms with Crippen LogP contribution in [0.2, 0.25) is 5.02 Å². The van der Waals surface area contributed by atoms with Gasteiger partial charge in [-0.3, -0.25) is 0 Å². The summed E-state index contributed by atoms with van der Waals surface area (Å²) in [5, 5.41) is 0.691. The number of unbranched alkanes of at least 4 members (excludes halogenated alkanes) is 3. The first kappa shape index (κ1) is 19.7. The molecule has 0 saturated carbocycles. The van der Waals surface area contributed by atoms with Gasteiger partial charge in [-0.05, 0) is 48.9 Å². The molecule has 25 heavy (non-hydrogen) atoms. The minimum absolute atomic E-state index is 0.691. The summed E-state index contributed by atoms with van der Waals surface area (Å²) >= 11 is 6.32. The van der Waals surface area contributed by atoms with Crippen LogP contribution in [0.3, 0.4) is 0 Å². The first-order valence-electron chi connectivity index (χ1n) is 9.44. The second-order valence-corrected chi connectivity index (χ2v) is 6.84. The molecule has 0 aliphatic heterocycles. The molecule has 136 valence electrons. The quantitative estimate of drug-likeness (QED) is 0.473. The molecule has 4 heteroatoms. The minimum Gasteiger partial charge on any atom is -0.492 e. The lowest BCUT2D eigenvalue weighted by Gasteiger charge is -2.09. The van der Waals surface area contributed by atoms with E-state index in [1.165, 1.54) is 30.4 Å². The molecule has 1 aromatic carbocycles. The highest BCUT2D eigenvalue weighted by molar-refractivity contribution is 6.32. The predicted molar refractivity (Wildman–Crippen MR) is 105 cm³/mol. The normalized spacial score (nSPS) is 10.8. The Hall–Kier alpha value is -1.61. The van der Waals surface area contributed by atoms with Gasteiger partial charge in [0.15, 0.2) is 0 Å². The van der Waals surface area contributed by atoms with E-state index in [2.05, 4.69) is 29.9 Å². The molecule has 0 aliphatic rings. The first-order chi connectivity index (χ1) is 12.2. The monoisotopic (exact) mass is 360 g/mol. The lowest BCUT2D eigenvalue weighted by molar-refractivity contribution is 0.309. The average molecular weight is 361 g/mol. The lowest BCUT2D eigenvalue weighted by Crippen LogP contribution is -2.00. The van der Waals surface area contributed by atoms with E-state index in [9.17, 15) is 0 Å². The van der Waals surface area contributed by atoms with Crippen molar-refractivity contribution in [2.24, 2.45) is 0 Å². The van der Waals surface area contributed by atoms with Crippen molar-refractivity contribution in [2.75, 3.05) is 6.61 Å². The zero-order chi connectivity index (χ0) is 17.9. The molecule has 0 spiro atoms. The maximum absolute atomic E-state index is 6.32. The standard InChI is InChI=1S/C21H29ClN2O/c1-3-5-7-8-21-23-15-18(16-24-21)10-9-17-11-12-20(19(22)14-17)25-13-6-4-2/h11-12,14-16H,3-10,13H2,1-2H3. The van der Waals surface area contributed by atoms with Gasteiger partial charge in [0, 0.05) is 18.8 Å². The maximum atomic E-state index is 6.32. The molecule has 3 nitrogen and oxygen atoms in total. The molecule has 0 bridgehead atoms. The highest BCUT2D eigenvalue weighted by Gasteiger charge is 2.05. The Bertz CT molecular complexity index is 628. The second kappa shape index (κ2) is 11.1. The van der Waals surface area contributed by atoms with Crippen LogP contribution < -0.4 is 4.74 Å². The zero-order valence-electron chi connectivity index (χ0n) is 15.4. The fraction of sp³-hybridized carbons (Fsp3) is 0.524. The van der Waals surface area contributed by atoms with E-state index in [1.54, 1.807) is 0 Å². The SMILES string of the molecule is CCCCCc1ncc(CCc2ccc(OCCCC)c(Cl)c2)cn1. The largest absolute Gasteiger partial charge is 0.492 e. The Morgan fingerprint density at radius 2 is 1.60 bits per heavy atom. The molecule has 0 N–H and O–H groups in total. The Morgan fingerprint density at radius 3 is 2.28 bits per heavy atom. The zero-order valence-corrected chi connectivity index (χ0v) is 16.2. The number of hydrogen-bond donors (Lipinski definition) is 0. The number of ether oxygens (including phenoxy) is 1. The summed E-state index contributed by atoms with van der Waals surface area (Å²) in [5.74, 6) is 1.73. The van der Waals surface area contributed by atoms with Crippen molar-refractivity contribution in [3.05, 3.63) is 52.6 Å². The van der Waals surface area contributed by atoms with Gasteiger partial charge in [0.2, 0.25) is 0 Å². The summed E-state index contributed by atoms with van der Waals surface area (Å²) < 4.78 is 5.70. The van der Waals surface area contributed by atoms with Crippen LogP contribution in [0.4, 0.5) is 0 Å². The van der Waals surface area contributed by atoms with Crippen molar-refractivity contribution >= 4 is 11.6 Å². The van der Waals surface area contributed by atoms with Gasteiger partial charge in [-0.15, -0.1) is 0 Å². The Morgan fingerprint density at radius 1 is 0.880 bits per heavy atom. The van der Waals surface area contributed by atoms with Gasteiger partial charge in [-0.25, -0.2) is 9.97 Å². The number of hydrogen-bond acceptors (Lipinski definition) is 3. The number of benzene rings is 1. The van der Waals surface area contributed by atoms with Crippen molar-refractivity contribution < 1.29 is 4.74 Å². The van der Waals surface area contributed by atoms with E-state index in [0.29, 0.717) is 5.02 Å². The highest BCUT2D eigenvalue weighted by Crippen LogP contribution is 2.26. The molecule has 0 amide bonds. The Labute approximate surface area is 156 Å². The third-order valence-electron chi connectivity index (χ3n) is 4.22. The van der Waals surface area contributed by atoms with Gasteiger partial charge >= 0.3 is 0 Å². The third kappa shape index (κ3) is 7.03. The molecule has 1 aromatic heterocycles. The number of nitrogens with zero attached hydrogens (tertiary/aromatic N) is 2. The van der Waals surface area contributed by atoms with Crippen molar-refractivity contribution in [2.45, 2.75) is 65.2 Å². The summed E-state index contributed by atoms with van der Waals surface area (Å²) in [6.07, 6.45) is 12.5. The van der Waals surface area contributed by atoms with Gasteiger partial charge in [-0.1, -0.05) is 50.8 Å². The molecule has 0 radical (unpaired) electrons. The van der Waals surface area contributed by atoms with Crippen molar-refractivity contribution in [3.8, 4) is 5.75 Å². The minimum atomic E-state index is 0.691. The van der Waals surface area contributed by atoms with Crippen LogP contribution in [-0.2, 0) is 19.3 Å². The van der Waals surface area contributed by atoms with E-state index >= 15 is 0 Å². The molecule has 0 saturated heterocycles. The molecule has 2 aromatic rings.